The Morgan fingerprint density at radius 2 is 1.27 bits per heavy atom. The lowest BCUT2D eigenvalue weighted by Crippen LogP contribution is -2.16. The quantitative estimate of drug-likeness (QED) is 0.185. The van der Waals surface area contributed by atoms with Crippen molar-refractivity contribution in [2.24, 2.45) is 0 Å². The lowest BCUT2D eigenvalue weighted by molar-refractivity contribution is -0.0334. The van der Waals surface area contributed by atoms with Crippen LogP contribution in [0.25, 0.3) is 11.0 Å². The smallest absolute Gasteiger partial charge is 0.233 e. The first-order valence-corrected chi connectivity index (χ1v) is 14.1. The van der Waals surface area contributed by atoms with Gasteiger partial charge in [0.2, 0.25) is 17.1 Å². The van der Waals surface area contributed by atoms with Gasteiger partial charge in [0.15, 0.2) is 5.16 Å². The number of nitrogens with one attached hydrogen (secondary N) is 3. The fraction of sp³-hybridized carbons (Fsp3) is 0.214. The summed E-state index contributed by atoms with van der Waals surface area (Å²) in [4.78, 5) is 21.7. The van der Waals surface area contributed by atoms with E-state index in [-0.39, 0.29) is 0 Å². The summed E-state index contributed by atoms with van der Waals surface area (Å²) in [6.45, 7) is 7.00. The van der Waals surface area contributed by atoms with Crippen LogP contribution in [0.2, 0.25) is 10.0 Å². The Morgan fingerprint density at radius 1 is 0.725 bits per heavy atom. The van der Waals surface area contributed by atoms with E-state index in [0.29, 0.717) is 32.3 Å². The fourth-order valence-corrected chi connectivity index (χ4v) is 4.70. The molecular weight excluding hydrogens is 569 g/mol. The van der Waals surface area contributed by atoms with Crippen molar-refractivity contribution in [2.45, 2.75) is 24.2 Å². The highest BCUT2D eigenvalue weighted by Crippen LogP contribution is 2.29. The molecule has 3 N–H and O–H groups in total. The van der Waals surface area contributed by atoms with Crippen LogP contribution in [-0.2, 0) is 9.47 Å². The Kier molecular flexibility index (Phi) is 9.35. The molecule has 40 heavy (non-hydrogen) atoms. The van der Waals surface area contributed by atoms with E-state index in [4.69, 9.17) is 32.7 Å². The molecule has 2 aromatic heterocycles. The summed E-state index contributed by atoms with van der Waals surface area (Å²) in [5, 5.41) is 9.06. The number of imidazole rings is 1. The maximum Gasteiger partial charge on any atom is 0.233 e. The van der Waals surface area contributed by atoms with Gasteiger partial charge in [0, 0.05) is 21.4 Å². The van der Waals surface area contributed by atoms with Crippen molar-refractivity contribution >= 4 is 69.3 Å². The van der Waals surface area contributed by atoms with E-state index < -0.39 is 0 Å². The number of halogens is 2. The summed E-state index contributed by atoms with van der Waals surface area (Å²) < 4.78 is 9.89. The van der Waals surface area contributed by atoms with Crippen LogP contribution in [0, 0.1) is 13.8 Å². The third-order valence-electron chi connectivity index (χ3n) is 5.74. The highest BCUT2D eigenvalue weighted by atomic mass is 35.5. The number of aromatic amines is 1. The minimum absolute atomic E-state index is 0.392. The molecule has 3 aromatic carbocycles. The largest absolute Gasteiger partial charge is 0.377 e. The number of nitrogens with zero attached hydrogens (tertiary/aromatic N) is 4. The average molecular weight is 597 g/mol. The molecule has 0 spiro atoms. The van der Waals surface area contributed by atoms with Crippen molar-refractivity contribution < 1.29 is 9.47 Å². The Morgan fingerprint density at radius 3 is 1.77 bits per heavy atom. The maximum atomic E-state index is 6.17. The zero-order chi connectivity index (χ0) is 27.9. The molecule has 1 aliphatic rings. The zero-order valence-corrected chi connectivity index (χ0v) is 24.2. The van der Waals surface area contributed by atoms with E-state index in [1.54, 1.807) is 0 Å². The summed E-state index contributed by atoms with van der Waals surface area (Å²) in [7, 11) is 0. The molecule has 1 saturated heterocycles. The molecule has 0 atom stereocenters. The van der Waals surface area contributed by atoms with Crippen LogP contribution < -0.4 is 10.6 Å². The van der Waals surface area contributed by atoms with E-state index in [0.717, 1.165) is 60.0 Å². The zero-order valence-electron chi connectivity index (χ0n) is 21.9. The van der Waals surface area contributed by atoms with Gasteiger partial charge in [-0.05, 0) is 85.3 Å². The Bertz CT molecular complexity index is 1500. The Labute approximate surface area is 246 Å². The number of rotatable bonds is 6. The minimum atomic E-state index is 0.392. The highest BCUT2D eigenvalue weighted by Gasteiger charge is 2.13. The molecule has 1 fully saturated rings. The predicted molar refractivity (Wildman–Crippen MR) is 161 cm³/mol. The van der Waals surface area contributed by atoms with Crippen molar-refractivity contribution in [1.29, 1.82) is 0 Å². The van der Waals surface area contributed by atoms with Crippen LogP contribution in [0.4, 0.5) is 23.3 Å². The van der Waals surface area contributed by atoms with Gasteiger partial charge in [-0.2, -0.15) is 15.0 Å². The van der Waals surface area contributed by atoms with E-state index >= 15 is 0 Å². The number of anilines is 4. The number of H-pyrrole nitrogens is 1. The average Bonchev–Trinajstić information content (AvgIpc) is 3.36. The molecule has 1 aliphatic heterocycles. The summed E-state index contributed by atoms with van der Waals surface area (Å²) in [6.07, 6.45) is 0. The summed E-state index contributed by atoms with van der Waals surface area (Å²) in [5.74, 6) is 0.784. The predicted octanol–water partition coefficient (Wildman–Crippen LogP) is 7.34. The van der Waals surface area contributed by atoms with Gasteiger partial charge in [-0.25, -0.2) is 4.98 Å². The van der Waals surface area contributed by atoms with Crippen molar-refractivity contribution in [1.82, 2.24) is 24.9 Å². The van der Waals surface area contributed by atoms with Crippen LogP contribution in [0.3, 0.4) is 0 Å². The molecule has 0 unspecified atom stereocenters. The summed E-state index contributed by atoms with van der Waals surface area (Å²) in [5.41, 5.74) is 5.37. The van der Waals surface area contributed by atoms with Gasteiger partial charge in [0.1, 0.15) is 0 Å². The van der Waals surface area contributed by atoms with E-state index in [2.05, 4.69) is 35.6 Å². The third kappa shape index (κ3) is 7.61. The molecule has 0 saturated carbocycles. The van der Waals surface area contributed by atoms with Crippen LogP contribution in [0.5, 0.6) is 0 Å². The number of benzene rings is 3. The SMILES string of the molecule is C1COCCO1.Cc1cc(Nc2nc(Nc3ccc(Cl)c(C)c3)nc(Sc3nc4ccccc4[nH]3)n2)ccc1Cl. The minimum Gasteiger partial charge on any atom is -0.377 e. The first kappa shape index (κ1) is 28.1. The van der Waals surface area contributed by atoms with Gasteiger partial charge in [0.05, 0.1) is 37.5 Å². The van der Waals surface area contributed by atoms with Gasteiger partial charge in [-0.15, -0.1) is 0 Å². The molecule has 0 amide bonds. The van der Waals surface area contributed by atoms with E-state index in [9.17, 15) is 0 Å². The summed E-state index contributed by atoms with van der Waals surface area (Å²) >= 11 is 13.7. The van der Waals surface area contributed by atoms with Gasteiger partial charge in [-0.3, -0.25) is 0 Å². The number of aryl methyl sites for hydroxylation is 2. The molecule has 3 heterocycles. The first-order chi connectivity index (χ1) is 19.4. The number of aromatic nitrogens is 5. The number of fused-ring (bicyclic) bond motifs is 1. The molecule has 12 heteroatoms. The lowest BCUT2D eigenvalue weighted by atomic mass is 10.2. The van der Waals surface area contributed by atoms with Gasteiger partial charge >= 0.3 is 0 Å². The van der Waals surface area contributed by atoms with Gasteiger partial charge in [0.25, 0.3) is 0 Å². The Hall–Kier alpha value is -3.41. The van der Waals surface area contributed by atoms with E-state index in [1.165, 1.54) is 11.8 Å². The second-order valence-electron chi connectivity index (χ2n) is 8.83. The summed E-state index contributed by atoms with van der Waals surface area (Å²) in [6, 6.07) is 19.1. The molecule has 206 valence electrons. The number of hydrogen-bond acceptors (Lipinski definition) is 9. The van der Waals surface area contributed by atoms with Crippen LogP contribution in [0.1, 0.15) is 11.1 Å². The lowest BCUT2D eigenvalue weighted by Gasteiger charge is -2.11. The highest BCUT2D eigenvalue weighted by molar-refractivity contribution is 7.99. The second kappa shape index (κ2) is 13.3. The first-order valence-electron chi connectivity index (χ1n) is 12.5. The number of hydrogen-bond donors (Lipinski definition) is 3. The normalized spacial score (nSPS) is 13.0. The maximum absolute atomic E-state index is 6.17. The van der Waals surface area contributed by atoms with Crippen LogP contribution >= 0.6 is 35.0 Å². The number of ether oxygens (including phenoxy) is 2. The van der Waals surface area contributed by atoms with Crippen LogP contribution in [-0.4, -0.2) is 51.3 Å². The molecular formula is C28H27Cl2N7O2S. The van der Waals surface area contributed by atoms with Crippen molar-refractivity contribution in [3.63, 3.8) is 0 Å². The Balaban J connectivity index is 0.000000477. The monoisotopic (exact) mass is 595 g/mol. The number of para-hydroxylation sites is 2. The van der Waals surface area contributed by atoms with Gasteiger partial charge < -0.3 is 25.1 Å². The molecule has 5 aromatic rings. The second-order valence-corrected chi connectivity index (χ2v) is 10.6. The fourth-order valence-electron chi connectivity index (χ4n) is 3.72. The molecule has 0 radical (unpaired) electrons. The van der Waals surface area contributed by atoms with Crippen molar-refractivity contribution in [3.05, 3.63) is 81.8 Å². The standard InChI is InChI=1S/C24H19Cl2N7S.C4H8O2/c1-13-11-15(7-9-17(13)25)27-21-31-22(28-16-8-10-18(26)14(2)12-16)33-24(32-21)34-23-29-19-5-3-4-6-20(19)30-23;1-2-6-4-3-5-1/h3-12H,1-2H3,(H,29,30)(H2,27,28,31,32,33);1-4H2. The molecule has 9 nitrogen and oxygen atoms in total. The van der Waals surface area contributed by atoms with Crippen molar-refractivity contribution in [2.75, 3.05) is 37.1 Å². The molecule has 0 aliphatic carbocycles. The van der Waals surface area contributed by atoms with Gasteiger partial charge in [-0.1, -0.05) is 35.3 Å². The van der Waals surface area contributed by atoms with Crippen molar-refractivity contribution in [3.8, 4) is 0 Å². The molecule has 6 rings (SSSR count). The van der Waals surface area contributed by atoms with Crippen LogP contribution in [0.15, 0.2) is 71.0 Å². The molecule has 0 bridgehead atoms. The van der Waals surface area contributed by atoms with E-state index in [1.807, 2.05) is 74.5 Å². The topological polar surface area (TPSA) is 110 Å². The third-order valence-corrected chi connectivity index (χ3v) is 7.34.